The van der Waals surface area contributed by atoms with Crippen molar-refractivity contribution in [3.05, 3.63) is 46.8 Å². The third-order valence-corrected chi connectivity index (χ3v) is 6.16. The Balaban J connectivity index is 1.50. The smallest absolute Gasteiger partial charge is 0.274 e. The van der Waals surface area contributed by atoms with Gasteiger partial charge in [-0.3, -0.25) is 9.48 Å². The van der Waals surface area contributed by atoms with Gasteiger partial charge in [-0.25, -0.2) is 0 Å². The molecule has 4 rings (SSSR count). The summed E-state index contributed by atoms with van der Waals surface area (Å²) >= 11 is 0. The maximum absolute atomic E-state index is 13.2. The lowest BCUT2D eigenvalue weighted by Gasteiger charge is -2.28. The maximum atomic E-state index is 13.2. The first-order valence-electron chi connectivity index (χ1n) is 11.0. The fourth-order valence-corrected chi connectivity index (χ4v) is 4.55. The summed E-state index contributed by atoms with van der Waals surface area (Å²) in [5.41, 5.74) is 4.25. The summed E-state index contributed by atoms with van der Waals surface area (Å²) in [7, 11) is 0. The Morgan fingerprint density at radius 1 is 1.21 bits per heavy atom. The van der Waals surface area contributed by atoms with Crippen molar-refractivity contribution in [1.82, 2.24) is 20.0 Å². The molecule has 6 nitrogen and oxygen atoms in total. The zero-order valence-electron chi connectivity index (χ0n) is 17.4. The number of phenols is 1. The number of likely N-dealkylation sites (tertiary alicyclic amines) is 1. The van der Waals surface area contributed by atoms with Crippen LogP contribution in [0.3, 0.4) is 0 Å². The number of aromatic hydroxyl groups is 1. The lowest BCUT2D eigenvalue weighted by molar-refractivity contribution is 0.0716. The van der Waals surface area contributed by atoms with Crippen molar-refractivity contribution >= 4 is 5.91 Å². The van der Waals surface area contributed by atoms with E-state index in [2.05, 4.69) is 16.9 Å². The molecule has 1 aliphatic carbocycles. The van der Waals surface area contributed by atoms with Crippen molar-refractivity contribution in [1.29, 1.82) is 0 Å². The second-order valence-electron chi connectivity index (χ2n) is 8.34. The summed E-state index contributed by atoms with van der Waals surface area (Å²) in [6.07, 6.45) is 7.30. The number of phenolic OH excluding ortho intramolecular Hbond substituents is 1. The van der Waals surface area contributed by atoms with Crippen LogP contribution in [0.5, 0.6) is 5.75 Å². The monoisotopic (exact) mass is 396 g/mol. The number of carbonyl (C=O) groups is 1. The molecule has 1 unspecified atom stereocenters. The Labute approximate surface area is 172 Å². The van der Waals surface area contributed by atoms with Gasteiger partial charge in [0.2, 0.25) is 0 Å². The van der Waals surface area contributed by atoms with Gasteiger partial charge in [0.1, 0.15) is 5.75 Å². The number of hydrogen-bond acceptors (Lipinski definition) is 4. The van der Waals surface area contributed by atoms with Crippen molar-refractivity contribution in [3.8, 4) is 5.75 Å². The number of benzene rings is 1. The predicted molar refractivity (Wildman–Crippen MR) is 113 cm³/mol. The minimum atomic E-state index is 0.120. The van der Waals surface area contributed by atoms with Crippen LogP contribution < -0.4 is 5.32 Å². The van der Waals surface area contributed by atoms with Gasteiger partial charge < -0.3 is 15.3 Å². The van der Waals surface area contributed by atoms with E-state index >= 15 is 0 Å². The van der Waals surface area contributed by atoms with Crippen molar-refractivity contribution in [2.24, 2.45) is 0 Å². The van der Waals surface area contributed by atoms with Crippen LogP contribution in [0.25, 0.3) is 0 Å². The fraction of sp³-hybridized carbons (Fsp3) is 0.565. The first-order chi connectivity index (χ1) is 14.2. The first-order valence-corrected chi connectivity index (χ1v) is 11.0. The zero-order chi connectivity index (χ0) is 20.2. The fourth-order valence-electron chi connectivity index (χ4n) is 4.55. The number of piperidine rings is 1. The molecule has 0 bridgehead atoms. The van der Waals surface area contributed by atoms with Crippen LogP contribution in [0.1, 0.15) is 66.3 Å². The number of nitrogens with one attached hydrogen (secondary N) is 1. The molecular formula is C23H32N4O2. The number of aryl methyl sites for hydroxylation is 1. The van der Waals surface area contributed by atoms with Crippen LogP contribution in [-0.2, 0) is 25.9 Å². The summed E-state index contributed by atoms with van der Waals surface area (Å²) in [6.45, 7) is 5.51. The van der Waals surface area contributed by atoms with E-state index in [1.165, 1.54) is 12.1 Å². The highest BCUT2D eigenvalue weighted by Gasteiger charge is 2.31. The molecule has 29 heavy (non-hydrogen) atoms. The number of carbonyl (C=O) groups excluding carboxylic acids is 1. The zero-order valence-corrected chi connectivity index (χ0v) is 17.4. The van der Waals surface area contributed by atoms with Crippen molar-refractivity contribution in [2.45, 2.75) is 71.0 Å². The van der Waals surface area contributed by atoms with Gasteiger partial charge in [-0.05, 0) is 62.6 Å². The van der Waals surface area contributed by atoms with E-state index in [1.54, 1.807) is 12.1 Å². The quantitative estimate of drug-likeness (QED) is 0.786. The molecule has 1 aliphatic heterocycles. The van der Waals surface area contributed by atoms with Gasteiger partial charge in [-0.2, -0.15) is 5.10 Å². The van der Waals surface area contributed by atoms with Crippen LogP contribution >= 0.6 is 0 Å². The second kappa shape index (κ2) is 8.99. The second-order valence-corrected chi connectivity index (χ2v) is 8.34. The number of rotatable bonds is 6. The standard InChI is InChI=1S/C23H32N4O2/c1-2-12-27-21-11-8-18(24-16-17-6-9-19(28)10-7-17)15-20(21)22(25-27)23(29)26-13-4-3-5-14-26/h6-7,9-10,18,24,28H,2-5,8,11-16H2,1H3. The van der Waals surface area contributed by atoms with Gasteiger partial charge in [-0.15, -0.1) is 0 Å². The van der Waals surface area contributed by atoms with Gasteiger partial charge in [0.25, 0.3) is 5.91 Å². The summed E-state index contributed by atoms with van der Waals surface area (Å²) in [5.74, 6) is 0.412. The van der Waals surface area contributed by atoms with E-state index < -0.39 is 0 Å². The van der Waals surface area contributed by atoms with Crippen LogP contribution in [-0.4, -0.2) is 44.8 Å². The number of aromatic nitrogens is 2. The van der Waals surface area contributed by atoms with Gasteiger partial charge in [-0.1, -0.05) is 19.1 Å². The molecule has 0 saturated carbocycles. The summed E-state index contributed by atoms with van der Waals surface area (Å²) in [6, 6.07) is 7.67. The van der Waals surface area contributed by atoms with Crippen LogP contribution in [0.15, 0.2) is 24.3 Å². The molecule has 2 aromatic rings. The highest BCUT2D eigenvalue weighted by atomic mass is 16.3. The molecule has 6 heteroatoms. The minimum absolute atomic E-state index is 0.120. The Morgan fingerprint density at radius 2 is 1.97 bits per heavy atom. The molecule has 1 fully saturated rings. The van der Waals surface area contributed by atoms with E-state index in [9.17, 15) is 9.90 Å². The van der Waals surface area contributed by atoms with Gasteiger partial charge >= 0.3 is 0 Å². The predicted octanol–water partition coefficient (Wildman–Crippen LogP) is 3.27. The van der Waals surface area contributed by atoms with Crippen molar-refractivity contribution < 1.29 is 9.90 Å². The van der Waals surface area contributed by atoms with Gasteiger partial charge in [0.05, 0.1) is 0 Å². The number of nitrogens with zero attached hydrogens (tertiary/aromatic N) is 3. The molecule has 1 aromatic carbocycles. The summed E-state index contributed by atoms with van der Waals surface area (Å²) < 4.78 is 2.09. The largest absolute Gasteiger partial charge is 0.508 e. The molecule has 1 amide bonds. The van der Waals surface area contributed by atoms with Gasteiger partial charge in [0, 0.05) is 43.5 Å². The Bertz CT molecular complexity index is 837. The first kappa shape index (κ1) is 20.0. The topological polar surface area (TPSA) is 70.4 Å². The number of hydrogen-bond donors (Lipinski definition) is 2. The highest BCUT2D eigenvalue weighted by Crippen LogP contribution is 2.27. The highest BCUT2D eigenvalue weighted by molar-refractivity contribution is 5.94. The Kier molecular flexibility index (Phi) is 6.19. The molecule has 1 atom stereocenters. The van der Waals surface area contributed by atoms with E-state index in [0.717, 1.165) is 75.8 Å². The molecule has 1 aromatic heterocycles. The van der Waals surface area contributed by atoms with E-state index in [-0.39, 0.29) is 5.91 Å². The molecule has 1 saturated heterocycles. The molecule has 156 valence electrons. The van der Waals surface area contributed by atoms with Crippen LogP contribution in [0.2, 0.25) is 0 Å². The van der Waals surface area contributed by atoms with E-state index in [4.69, 9.17) is 5.10 Å². The number of fused-ring (bicyclic) bond motifs is 1. The average Bonchev–Trinajstić information content (AvgIpc) is 3.11. The molecule has 2 aliphatic rings. The number of amides is 1. The van der Waals surface area contributed by atoms with Crippen molar-refractivity contribution in [2.75, 3.05) is 13.1 Å². The van der Waals surface area contributed by atoms with Crippen LogP contribution in [0.4, 0.5) is 0 Å². The Morgan fingerprint density at radius 3 is 2.69 bits per heavy atom. The third kappa shape index (κ3) is 4.47. The normalized spacial score (nSPS) is 19.2. The molecular weight excluding hydrogens is 364 g/mol. The Hall–Kier alpha value is -2.34. The van der Waals surface area contributed by atoms with Crippen LogP contribution in [0, 0.1) is 0 Å². The lowest BCUT2D eigenvalue weighted by Crippen LogP contribution is -2.38. The van der Waals surface area contributed by atoms with E-state index in [1.807, 2.05) is 17.0 Å². The summed E-state index contributed by atoms with van der Waals surface area (Å²) in [4.78, 5) is 15.2. The maximum Gasteiger partial charge on any atom is 0.274 e. The van der Waals surface area contributed by atoms with Crippen molar-refractivity contribution in [3.63, 3.8) is 0 Å². The third-order valence-electron chi connectivity index (χ3n) is 6.16. The molecule has 0 spiro atoms. The summed E-state index contributed by atoms with van der Waals surface area (Å²) in [5, 5.41) is 17.9. The van der Waals surface area contributed by atoms with Gasteiger partial charge in [0.15, 0.2) is 5.69 Å². The lowest BCUT2D eigenvalue weighted by atomic mass is 9.90. The molecule has 2 N–H and O–H groups in total. The molecule has 2 heterocycles. The SMILES string of the molecule is CCCn1nc(C(=O)N2CCCCC2)c2c1CCC(NCc1ccc(O)cc1)C2. The average molecular weight is 397 g/mol. The molecule has 0 radical (unpaired) electrons. The minimum Gasteiger partial charge on any atom is -0.508 e. The van der Waals surface area contributed by atoms with E-state index in [0.29, 0.717) is 17.5 Å².